The van der Waals surface area contributed by atoms with Crippen LogP contribution in [0.1, 0.15) is 24.0 Å². The number of hydrogen-bond acceptors (Lipinski definition) is 5. The molecular formula is C14H25N3OS. The minimum Gasteiger partial charge on any atom is -0.379 e. The second-order valence-corrected chi connectivity index (χ2v) is 6.23. The Hall–Kier alpha value is -0.490. The van der Waals surface area contributed by atoms with E-state index in [0.717, 1.165) is 44.3 Å². The summed E-state index contributed by atoms with van der Waals surface area (Å²) in [7, 11) is 0. The normalized spacial score (nSPS) is 23.1. The third kappa shape index (κ3) is 4.84. The quantitative estimate of drug-likeness (QED) is 0.711. The van der Waals surface area contributed by atoms with E-state index in [4.69, 9.17) is 4.74 Å². The summed E-state index contributed by atoms with van der Waals surface area (Å²) in [4.78, 5) is 4.48. The minimum absolute atomic E-state index is 0.522. The van der Waals surface area contributed by atoms with Gasteiger partial charge in [0, 0.05) is 36.9 Å². The summed E-state index contributed by atoms with van der Waals surface area (Å²) in [6.07, 6.45) is 2.20. The number of ether oxygens (including phenoxy) is 1. The zero-order valence-corrected chi connectivity index (χ0v) is 12.8. The summed E-state index contributed by atoms with van der Waals surface area (Å²) in [5.74, 6) is 0.601. The number of thiazole rings is 1. The number of nitrogens with zero attached hydrogens (tertiary/aromatic N) is 1. The smallest absolute Gasteiger partial charge is 0.0897 e. The Labute approximate surface area is 120 Å². The van der Waals surface area contributed by atoms with Gasteiger partial charge in [0.2, 0.25) is 0 Å². The highest BCUT2D eigenvalue weighted by atomic mass is 32.1. The van der Waals surface area contributed by atoms with E-state index >= 15 is 0 Å². The molecule has 0 amide bonds. The second-order valence-electron chi connectivity index (χ2n) is 5.17. The van der Waals surface area contributed by atoms with E-state index in [1.807, 2.05) is 0 Å². The summed E-state index contributed by atoms with van der Waals surface area (Å²) < 4.78 is 5.57. The minimum atomic E-state index is 0.522. The first-order valence-corrected chi connectivity index (χ1v) is 8.10. The van der Waals surface area contributed by atoms with E-state index in [-0.39, 0.29) is 0 Å². The van der Waals surface area contributed by atoms with Crippen LogP contribution in [0.2, 0.25) is 0 Å². The van der Waals surface area contributed by atoms with E-state index in [9.17, 15) is 0 Å². The Bertz CT molecular complexity index is 369. The number of rotatable bonds is 8. The highest BCUT2D eigenvalue weighted by Gasteiger charge is 2.26. The number of nitrogens with one attached hydrogen (secondary N) is 2. The molecule has 1 aromatic rings. The number of aryl methyl sites for hydroxylation is 1. The van der Waals surface area contributed by atoms with Gasteiger partial charge >= 0.3 is 0 Å². The maximum atomic E-state index is 5.57. The van der Waals surface area contributed by atoms with Crippen LogP contribution in [0.25, 0.3) is 0 Å². The molecule has 0 spiro atoms. The van der Waals surface area contributed by atoms with Gasteiger partial charge in [0.15, 0.2) is 0 Å². The van der Waals surface area contributed by atoms with Crippen molar-refractivity contribution in [2.24, 2.45) is 5.92 Å². The van der Waals surface area contributed by atoms with E-state index in [1.54, 1.807) is 11.3 Å². The maximum Gasteiger partial charge on any atom is 0.0897 e. The zero-order chi connectivity index (χ0) is 13.5. The molecule has 108 valence electrons. The summed E-state index contributed by atoms with van der Waals surface area (Å²) in [6, 6.07) is 0.522. The van der Waals surface area contributed by atoms with Crippen molar-refractivity contribution in [3.8, 4) is 0 Å². The SMILES string of the molecule is CCCNC1COCC1CNCCc1csc(C)n1. The fourth-order valence-corrected chi connectivity index (χ4v) is 3.03. The Balaban J connectivity index is 1.62. The first-order chi connectivity index (χ1) is 9.29. The van der Waals surface area contributed by atoms with E-state index in [1.165, 1.54) is 12.1 Å². The van der Waals surface area contributed by atoms with Gasteiger partial charge in [-0.3, -0.25) is 0 Å². The summed E-state index contributed by atoms with van der Waals surface area (Å²) in [5, 5.41) is 10.4. The van der Waals surface area contributed by atoms with Crippen LogP contribution in [0.15, 0.2) is 5.38 Å². The Morgan fingerprint density at radius 2 is 2.32 bits per heavy atom. The van der Waals surface area contributed by atoms with E-state index in [2.05, 4.69) is 34.8 Å². The Morgan fingerprint density at radius 3 is 3.05 bits per heavy atom. The molecule has 4 nitrogen and oxygen atoms in total. The summed E-state index contributed by atoms with van der Waals surface area (Å²) >= 11 is 1.73. The maximum absolute atomic E-state index is 5.57. The van der Waals surface area contributed by atoms with Crippen LogP contribution < -0.4 is 10.6 Å². The Kier molecular flexibility index (Phi) is 6.23. The molecule has 2 rings (SSSR count). The fraction of sp³-hybridized carbons (Fsp3) is 0.786. The van der Waals surface area contributed by atoms with Gasteiger partial charge in [-0.15, -0.1) is 11.3 Å². The van der Waals surface area contributed by atoms with Crippen LogP contribution in [0, 0.1) is 12.8 Å². The van der Waals surface area contributed by atoms with Crippen LogP contribution >= 0.6 is 11.3 Å². The van der Waals surface area contributed by atoms with Crippen molar-refractivity contribution in [3.05, 3.63) is 16.1 Å². The first kappa shape index (κ1) is 14.9. The van der Waals surface area contributed by atoms with Crippen LogP contribution in [0.5, 0.6) is 0 Å². The van der Waals surface area contributed by atoms with Crippen molar-refractivity contribution < 1.29 is 4.74 Å². The molecule has 0 aromatic carbocycles. The fourth-order valence-electron chi connectivity index (χ4n) is 2.38. The molecule has 1 saturated heterocycles. The molecule has 2 N–H and O–H groups in total. The molecule has 0 aliphatic carbocycles. The average molecular weight is 283 g/mol. The van der Waals surface area contributed by atoms with Crippen LogP contribution in [0.3, 0.4) is 0 Å². The van der Waals surface area contributed by atoms with Crippen LogP contribution in [0.4, 0.5) is 0 Å². The topological polar surface area (TPSA) is 46.2 Å². The predicted molar refractivity (Wildman–Crippen MR) is 79.8 cm³/mol. The Morgan fingerprint density at radius 1 is 1.42 bits per heavy atom. The molecule has 1 aliphatic rings. The zero-order valence-electron chi connectivity index (χ0n) is 11.9. The van der Waals surface area contributed by atoms with Gasteiger partial charge in [-0.2, -0.15) is 0 Å². The third-order valence-corrected chi connectivity index (χ3v) is 4.31. The molecule has 2 atom stereocenters. The van der Waals surface area contributed by atoms with E-state index < -0.39 is 0 Å². The highest BCUT2D eigenvalue weighted by molar-refractivity contribution is 7.09. The third-order valence-electron chi connectivity index (χ3n) is 3.49. The van der Waals surface area contributed by atoms with Crippen LogP contribution in [-0.4, -0.2) is 43.9 Å². The lowest BCUT2D eigenvalue weighted by Gasteiger charge is -2.19. The molecule has 0 bridgehead atoms. The lowest BCUT2D eigenvalue weighted by atomic mass is 10.0. The summed E-state index contributed by atoms with van der Waals surface area (Å²) in [5.41, 5.74) is 1.21. The largest absolute Gasteiger partial charge is 0.379 e. The lowest BCUT2D eigenvalue weighted by Crippen LogP contribution is -2.40. The number of aromatic nitrogens is 1. The van der Waals surface area contributed by atoms with Crippen molar-refractivity contribution in [2.75, 3.05) is 32.8 Å². The van der Waals surface area contributed by atoms with Crippen molar-refractivity contribution in [1.82, 2.24) is 15.6 Å². The molecule has 1 aromatic heterocycles. The van der Waals surface area contributed by atoms with Gasteiger partial charge in [0.05, 0.1) is 23.9 Å². The molecule has 2 heterocycles. The van der Waals surface area contributed by atoms with Gasteiger partial charge in [-0.1, -0.05) is 6.92 Å². The molecule has 0 saturated carbocycles. The van der Waals surface area contributed by atoms with Gasteiger partial charge in [-0.25, -0.2) is 4.98 Å². The number of hydrogen-bond donors (Lipinski definition) is 2. The lowest BCUT2D eigenvalue weighted by molar-refractivity contribution is 0.182. The molecule has 5 heteroatoms. The first-order valence-electron chi connectivity index (χ1n) is 7.22. The average Bonchev–Trinajstić information content (AvgIpc) is 3.01. The standard InChI is InChI=1S/C14H25N3OS/c1-3-5-16-14-9-18-8-12(14)7-15-6-4-13-10-19-11(2)17-13/h10,12,14-16H,3-9H2,1-2H3. The van der Waals surface area contributed by atoms with Crippen LogP contribution in [-0.2, 0) is 11.2 Å². The molecule has 0 radical (unpaired) electrons. The van der Waals surface area contributed by atoms with Crippen molar-refractivity contribution in [2.45, 2.75) is 32.7 Å². The van der Waals surface area contributed by atoms with Crippen molar-refractivity contribution in [3.63, 3.8) is 0 Å². The molecule has 1 aliphatic heterocycles. The highest BCUT2D eigenvalue weighted by Crippen LogP contribution is 2.13. The van der Waals surface area contributed by atoms with Gasteiger partial charge < -0.3 is 15.4 Å². The molecule has 19 heavy (non-hydrogen) atoms. The summed E-state index contributed by atoms with van der Waals surface area (Å²) in [6.45, 7) is 9.11. The van der Waals surface area contributed by atoms with E-state index in [0.29, 0.717) is 12.0 Å². The van der Waals surface area contributed by atoms with Gasteiger partial charge in [-0.05, 0) is 19.9 Å². The van der Waals surface area contributed by atoms with Gasteiger partial charge in [0.1, 0.15) is 0 Å². The molecule has 1 fully saturated rings. The molecule has 2 unspecified atom stereocenters. The van der Waals surface area contributed by atoms with Crippen molar-refractivity contribution in [1.29, 1.82) is 0 Å². The second kappa shape index (κ2) is 7.94. The van der Waals surface area contributed by atoms with Crippen molar-refractivity contribution >= 4 is 11.3 Å². The van der Waals surface area contributed by atoms with Gasteiger partial charge in [0.25, 0.3) is 0 Å². The monoisotopic (exact) mass is 283 g/mol. The molecular weight excluding hydrogens is 258 g/mol. The predicted octanol–water partition coefficient (Wildman–Crippen LogP) is 1.60.